The summed E-state index contributed by atoms with van der Waals surface area (Å²) in [7, 11) is 0. The summed E-state index contributed by atoms with van der Waals surface area (Å²) in [5.74, 6) is 3.13. The van der Waals surface area contributed by atoms with Crippen LogP contribution in [0.2, 0.25) is 0 Å². The summed E-state index contributed by atoms with van der Waals surface area (Å²) in [6, 6.07) is 0. The molecule has 0 heterocycles. The first-order valence-electron chi connectivity index (χ1n) is 9.45. The third kappa shape index (κ3) is 5.06. The monoisotopic (exact) mass is 280 g/mol. The van der Waals surface area contributed by atoms with Crippen LogP contribution in [0.3, 0.4) is 0 Å². The Morgan fingerprint density at radius 2 is 1.35 bits per heavy atom. The van der Waals surface area contributed by atoms with E-state index in [2.05, 4.69) is 13.8 Å². The third-order valence-corrected chi connectivity index (χ3v) is 5.96. The maximum absolute atomic E-state index is 6.06. The van der Waals surface area contributed by atoms with E-state index in [1.165, 1.54) is 77.0 Å². The topological polar surface area (TPSA) is 9.23 Å². The molecule has 1 nitrogen and oxygen atoms in total. The van der Waals surface area contributed by atoms with Crippen LogP contribution < -0.4 is 0 Å². The number of hydrogen-bond acceptors (Lipinski definition) is 1. The van der Waals surface area contributed by atoms with Crippen LogP contribution >= 0.6 is 0 Å². The van der Waals surface area contributed by atoms with Crippen molar-refractivity contribution in [2.45, 2.75) is 97.0 Å². The van der Waals surface area contributed by atoms with E-state index in [0.29, 0.717) is 6.10 Å². The zero-order chi connectivity index (χ0) is 14.2. The lowest BCUT2D eigenvalue weighted by Crippen LogP contribution is -2.28. The molecule has 0 spiro atoms. The lowest BCUT2D eigenvalue weighted by Gasteiger charge is -2.37. The van der Waals surface area contributed by atoms with Gasteiger partial charge in [0.25, 0.3) is 0 Å². The third-order valence-electron chi connectivity index (χ3n) is 5.96. The summed E-state index contributed by atoms with van der Waals surface area (Å²) < 4.78 is 6.06. The van der Waals surface area contributed by atoms with Gasteiger partial charge in [-0.2, -0.15) is 0 Å². The molecule has 0 N–H and O–H groups in total. The minimum atomic E-state index is 0.593. The number of rotatable bonds is 7. The number of ether oxygens (including phenoxy) is 1. The van der Waals surface area contributed by atoms with Crippen molar-refractivity contribution in [3.05, 3.63) is 0 Å². The van der Waals surface area contributed by atoms with E-state index in [9.17, 15) is 0 Å². The second-order valence-electron chi connectivity index (χ2n) is 7.30. The first-order chi connectivity index (χ1) is 9.83. The van der Waals surface area contributed by atoms with E-state index in [4.69, 9.17) is 4.74 Å². The van der Waals surface area contributed by atoms with Crippen LogP contribution in [-0.2, 0) is 4.74 Å². The Hall–Kier alpha value is -0.0400. The van der Waals surface area contributed by atoms with E-state index in [1.807, 2.05) is 0 Å². The molecule has 0 atom stereocenters. The van der Waals surface area contributed by atoms with Gasteiger partial charge in [-0.1, -0.05) is 46.0 Å². The second kappa shape index (κ2) is 9.07. The molecule has 0 bridgehead atoms. The molecule has 2 fully saturated rings. The summed E-state index contributed by atoms with van der Waals surface area (Å²) in [6.07, 6.45) is 17.5. The van der Waals surface area contributed by atoms with Crippen molar-refractivity contribution in [2.24, 2.45) is 17.8 Å². The van der Waals surface area contributed by atoms with Crippen molar-refractivity contribution >= 4 is 0 Å². The van der Waals surface area contributed by atoms with E-state index >= 15 is 0 Å². The second-order valence-corrected chi connectivity index (χ2v) is 7.30. The molecule has 0 aromatic heterocycles. The molecule has 118 valence electrons. The van der Waals surface area contributed by atoms with Crippen LogP contribution in [0.1, 0.15) is 90.9 Å². The molecule has 20 heavy (non-hydrogen) atoms. The average molecular weight is 280 g/mol. The SMILES string of the molecule is CCCCCO[C@H]1CC[C@H]([C@H]2CC[C@H](CC)CC2)CC1. The van der Waals surface area contributed by atoms with Gasteiger partial charge in [-0.15, -0.1) is 0 Å². The van der Waals surface area contributed by atoms with Crippen LogP contribution in [0.5, 0.6) is 0 Å². The van der Waals surface area contributed by atoms with Gasteiger partial charge >= 0.3 is 0 Å². The minimum Gasteiger partial charge on any atom is -0.378 e. The van der Waals surface area contributed by atoms with Crippen molar-refractivity contribution in [1.82, 2.24) is 0 Å². The van der Waals surface area contributed by atoms with E-state index in [0.717, 1.165) is 24.4 Å². The van der Waals surface area contributed by atoms with Crippen LogP contribution in [0, 0.1) is 17.8 Å². The van der Waals surface area contributed by atoms with Crippen molar-refractivity contribution < 1.29 is 4.74 Å². The molecule has 0 aromatic carbocycles. The van der Waals surface area contributed by atoms with Crippen LogP contribution in [-0.4, -0.2) is 12.7 Å². The van der Waals surface area contributed by atoms with Gasteiger partial charge in [-0.25, -0.2) is 0 Å². The first-order valence-corrected chi connectivity index (χ1v) is 9.45. The van der Waals surface area contributed by atoms with Gasteiger partial charge in [-0.3, -0.25) is 0 Å². The highest BCUT2D eigenvalue weighted by atomic mass is 16.5. The fourth-order valence-electron chi connectivity index (χ4n) is 4.40. The molecule has 0 unspecified atom stereocenters. The Morgan fingerprint density at radius 1 is 0.750 bits per heavy atom. The molecular weight excluding hydrogens is 244 g/mol. The normalized spacial score (nSPS) is 35.1. The van der Waals surface area contributed by atoms with Gasteiger partial charge in [0, 0.05) is 6.61 Å². The summed E-state index contributed by atoms with van der Waals surface area (Å²) >= 11 is 0. The molecular formula is C19H36O. The lowest BCUT2D eigenvalue weighted by atomic mass is 9.70. The van der Waals surface area contributed by atoms with Gasteiger partial charge in [0.2, 0.25) is 0 Å². The van der Waals surface area contributed by atoms with Gasteiger partial charge in [-0.05, 0) is 62.7 Å². The lowest BCUT2D eigenvalue weighted by molar-refractivity contribution is 0.00548. The fraction of sp³-hybridized carbons (Fsp3) is 1.00. The molecule has 2 saturated carbocycles. The largest absolute Gasteiger partial charge is 0.378 e. The maximum Gasteiger partial charge on any atom is 0.0575 e. The Labute approximate surface area is 126 Å². The molecule has 0 amide bonds. The predicted molar refractivity (Wildman–Crippen MR) is 87.0 cm³/mol. The first kappa shape index (κ1) is 16.3. The summed E-state index contributed by atoms with van der Waals surface area (Å²) in [5.41, 5.74) is 0. The number of hydrogen-bond donors (Lipinski definition) is 0. The zero-order valence-corrected chi connectivity index (χ0v) is 13.9. The molecule has 2 aliphatic carbocycles. The van der Waals surface area contributed by atoms with Crippen LogP contribution in [0.4, 0.5) is 0 Å². The number of unbranched alkanes of at least 4 members (excludes halogenated alkanes) is 2. The highest BCUT2D eigenvalue weighted by molar-refractivity contribution is 4.82. The van der Waals surface area contributed by atoms with E-state index in [1.54, 1.807) is 0 Å². The molecule has 2 aliphatic rings. The van der Waals surface area contributed by atoms with Crippen LogP contribution in [0.25, 0.3) is 0 Å². The van der Waals surface area contributed by atoms with Gasteiger partial charge < -0.3 is 4.74 Å². The smallest absolute Gasteiger partial charge is 0.0575 e. The van der Waals surface area contributed by atoms with E-state index < -0.39 is 0 Å². The van der Waals surface area contributed by atoms with Gasteiger partial charge in [0.15, 0.2) is 0 Å². The molecule has 0 saturated heterocycles. The summed E-state index contributed by atoms with van der Waals surface area (Å²) in [4.78, 5) is 0. The molecule has 0 aromatic rings. The van der Waals surface area contributed by atoms with Crippen molar-refractivity contribution in [1.29, 1.82) is 0 Å². The summed E-state index contributed by atoms with van der Waals surface area (Å²) in [6.45, 7) is 5.63. The van der Waals surface area contributed by atoms with Crippen molar-refractivity contribution in [3.8, 4) is 0 Å². The molecule has 2 rings (SSSR count). The quantitative estimate of drug-likeness (QED) is 0.522. The van der Waals surface area contributed by atoms with E-state index in [-0.39, 0.29) is 0 Å². The molecule has 0 aliphatic heterocycles. The Morgan fingerprint density at radius 3 is 1.90 bits per heavy atom. The van der Waals surface area contributed by atoms with Crippen molar-refractivity contribution in [2.75, 3.05) is 6.61 Å². The summed E-state index contributed by atoms with van der Waals surface area (Å²) in [5, 5.41) is 0. The Balaban J connectivity index is 1.59. The standard InChI is InChI=1S/C19H36O/c1-3-5-6-15-20-19-13-11-18(12-14-19)17-9-7-16(4-2)8-10-17/h16-19H,3-15H2,1-2H3/t16-,17-,18-,19-. The van der Waals surface area contributed by atoms with Gasteiger partial charge in [0.05, 0.1) is 6.10 Å². The highest BCUT2D eigenvalue weighted by Crippen LogP contribution is 2.41. The van der Waals surface area contributed by atoms with Crippen molar-refractivity contribution in [3.63, 3.8) is 0 Å². The molecule has 0 radical (unpaired) electrons. The highest BCUT2D eigenvalue weighted by Gasteiger charge is 2.30. The Kier molecular flexibility index (Phi) is 7.41. The zero-order valence-electron chi connectivity index (χ0n) is 13.9. The van der Waals surface area contributed by atoms with Gasteiger partial charge in [0.1, 0.15) is 0 Å². The predicted octanol–water partition coefficient (Wildman–Crippen LogP) is 5.97. The minimum absolute atomic E-state index is 0.593. The molecule has 1 heteroatoms. The average Bonchev–Trinajstić information content (AvgIpc) is 2.52. The Bertz CT molecular complexity index is 234. The fourth-order valence-corrected chi connectivity index (χ4v) is 4.40. The van der Waals surface area contributed by atoms with Crippen LogP contribution in [0.15, 0.2) is 0 Å². The maximum atomic E-state index is 6.06.